The molecular weight excluding hydrogens is 370 g/mol. The first-order valence-corrected chi connectivity index (χ1v) is 9.09. The maximum Gasteiger partial charge on any atom is 0.305 e. The number of hydrogen-bond donors (Lipinski definition) is 2. The molecule has 8 heteroatoms. The molecule has 0 unspecified atom stereocenters. The summed E-state index contributed by atoms with van der Waals surface area (Å²) in [6, 6.07) is 8.43. The molecule has 0 aliphatic rings. The van der Waals surface area contributed by atoms with Crippen molar-refractivity contribution in [2.75, 3.05) is 19.7 Å². The highest BCUT2D eigenvalue weighted by Crippen LogP contribution is 2.21. The number of halogens is 1. The van der Waals surface area contributed by atoms with Crippen LogP contribution in [0, 0.1) is 6.92 Å². The van der Waals surface area contributed by atoms with Gasteiger partial charge >= 0.3 is 5.91 Å². The van der Waals surface area contributed by atoms with Crippen LogP contribution in [0.15, 0.2) is 34.7 Å². The van der Waals surface area contributed by atoms with E-state index in [0.29, 0.717) is 23.1 Å². The van der Waals surface area contributed by atoms with Gasteiger partial charge in [0.05, 0.1) is 6.54 Å². The van der Waals surface area contributed by atoms with Crippen molar-refractivity contribution in [1.82, 2.24) is 15.8 Å². The molecule has 0 atom stereocenters. The zero-order valence-corrected chi connectivity index (χ0v) is 16.4. The van der Waals surface area contributed by atoms with E-state index in [0.717, 1.165) is 18.7 Å². The van der Waals surface area contributed by atoms with Gasteiger partial charge in [-0.1, -0.05) is 25.4 Å². The second-order valence-corrected chi connectivity index (χ2v) is 6.36. The topological polar surface area (TPSA) is 83.8 Å². The molecule has 0 saturated carbocycles. The van der Waals surface area contributed by atoms with E-state index < -0.39 is 11.8 Å². The van der Waals surface area contributed by atoms with Crippen molar-refractivity contribution in [1.29, 1.82) is 0 Å². The average molecular weight is 394 g/mol. The fourth-order valence-electron chi connectivity index (χ4n) is 2.39. The monoisotopic (exact) mass is 393 g/mol. The van der Waals surface area contributed by atoms with Gasteiger partial charge in [-0.2, -0.15) is 0 Å². The lowest BCUT2D eigenvalue weighted by Gasteiger charge is -2.15. The number of hydrazine groups is 1. The highest BCUT2D eigenvalue weighted by Gasteiger charge is 2.14. The van der Waals surface area contributed by atoms with Crippen molar-refractivity contribution in [2.45, 2.75) is 27.3 Å². The van der Waals surface area contributed by atoms with Gasteiger partial charge in [0.1, 0.15) is 11.5 Å². The SMILES string of the molecule is CCN(CC)Cc1ccc(C(=O)NNC(=O)COc2ccc(Cl)cc2C)o1. The molecule has 0 aliphatic carbocycles. The third-order valence-corrected chi connectivity index (χ3v) is 4.21. The van der Waals surface area contributed by atoms with Gasteiger partial charge in [0, 0.05) is 5.02 Å². The van der Waals surface area contributed by atoms with Gasteiger partial charge in [-0.05, 0) is 55.9 Å². The summed E-state index contributed by atoms with van der Waals surface area (Å²) in [5.74, 6) is 0.348. The fraction of sp³-hybridized carbons (Fsp3) is 0.368. The molecule has 1 heterocycles. The minimum absolute atomic E-state index is 0.131. The predicted molar refractivity (Wildman–Crippen MR) is 103 cm³/mol. The van der Waals surface area contributed by atoms with E-state index in [9.17, 15) is 9.59 Å². The zero-order valence-electron chi connectivity index (χ0n) is 15.7. The second-order valence-electron chi connectivity index (χ2n) is 5.93. The number of furan rings is 1. The highest BCUT2D eigenvalue weighted by atomic mass is 35.5. The molecule has 2 N–H and O–H groups in total. The predicted octanol–water partition coefficient (Wildman–Crippen LogP) is 2.92. The fourth-order valence-corrected chi connectivity index (χ4v) is 2.62. The third kappa shape index (κ3) is 6.30. The molecule has 0 aliphatic heterocycles. The number of nitrogens with one attached hydrogen (secondary N) is 2. The van der Waals surface area contributed by atoms with E-state index >= 15 is 0 Å². The van der Waals surface area contributed by atoms with Gasteiger partial charge in [0.25, 0.3) is 5.91 Å². The number of aryl methyl sites for hydroxylation is 1. The van der Waals surface area contributed by atoms with E-state index in [-0.39, 0.29) is 12.4 Å². The van der Waals surface area contributed by atoms with Crippen LogP contribution < -0.4 is 15.6 Å². The number of hydrogen-bond acceptors (Lipinski definition) is 5. The van der Waals surface area contributed by atoms with Crippen LogP contribution in [0.2, 0.25) is 5.02 Å². The molecule has 7 nitrogen and oxygen atoms in total. The first kappa shape index (κ1) is 20.8. The van der Waals surface area contributed by atoms with Crippen molar-refractivity contribution in [3.05, 3.63) is 52.4 Å². The number of amides is 2. The molecular formula is C19H24ClN3O4. The minimum Gasteiger partial charge on any atom is -0.483 e. The molecule has 2 amide bonds. The van der Waals surface area contributed by atoms with Crippen LogP contribution in [0.25, 0.3) is 0 Å². The van der Waals surface area contributed by atoms with Gasteiger partial charge in [-0.3, -0.25) is 25.3 Å². The summed E-state index contributed by atoms with van der Waals surface area (Å²) in [6.45, 7) is 8.11. The van der Waals surface area contributed by atoms with Gasteiger partial charge in [-0.25, -0.2) is 0 Å². The molecule has 146 valence electrons. The zero-order chi connectivity index (χ0) is 19.8. The molecule has 0 spiro atoms. The lowest BCUT2D eigenvalue weighted by Crippen LogP contribution is -2.43. The van der Waals surface area contributed by atoms with E-state index in [2.05, 4.69) is 29.6 Å². The lowest BCUT2D eigenvalue weighted by molar-refractivity contribution is -0.123. The summed E-state index contributed by atoms with van der Waals surface area (Å²) in [6.07, 6.45) is 0. The largest absolute Gasteiger partial charge is 0.483 e. The molecule has 0 radical (unpaired) electrons. The third-order valence-electron chi connectivity index (χ3n) is 3.97. The van der Waals surface area contributed by atoms with Crippen LogP contribution in [0.5, 0.6) is 5.75 Å². The van der Waals surface area contributed by atoms with Crippen LogP contribution in [-0.4, -0.2) is 36.4 Å². The Morgan fingerprint density at radius 1 is 1.15 bits per heavy atom. The summed E-state index contributed by atoms with van der Waals surface area (Å²) in [5.41, 5.74) is 5.42. The molecule has 1 aromatic carbocycles. The summed E-state index contributed by atoms with van der Waals surface area (Å²) < 4.78 is 10.9. The van der Waals surface area contributed by atoms with Crippen LogP contribution in [0.3, 0.4) is 0 Å². The van der Waals surface area contributed by atoms with Crippen molar-refractivity contribution >= 4 is 23.4 Å². The van der Waals surface area contributed by atoms with Crippen molar-refractivity contribution in [2.24, 2.45) is 0 Å². The molecule has 1 aromatic heterocycles. The molecule has 2 rings (SSSR count). The minimum atomic E-state index is -0.531. The Morgan fingerprint density at radius 2 is 1.89 bits per heavy atom. The van der Waals surface area contributed by atoms with Gasteiger partial charge < -0.3 is 9.15 Å². The van der Waals surface area contributed by atoms with Crippen LogP contribution in [0.4, 0.5) is 0 Å². The lowest BCUT2D eigenvalue weighted by atomic mass is 10.2. The summed E-state index contributed by atoms with van der Waals surface area (Å²) in [5, 5.41) is 0.593. The Bertz CT molecular complexity index is 787. The molecule has 0 bridgehead atoms. The summed E-state index contributed by atoms with van der Waals surface area (Å²) >= 11 is 5.87. The summed E-state index contributed by atoms with van der Waals surface area (Å²) in [4.78, 5) is 26.1. The standard InChI is InChI=1S/C19H24ClN3O4/c1-4-23(5-2)11-15-7-9-17(27-15)19(25)22-21-18(24)12-26-16-8-6-14(20)10-13(16)3/h6-10H,4-5,11-12H2,1-3H3,(H,21,24)(H,22,25). The maximum absolute atomic E-state index is 12.1. The van der Waals surface area contributed by atoms with Crippen molar-refractivity contribution in [3.63, 3.8) is 0 Å². The number of nitrogens with zero attached hydrogens (tertiary/aromatic N) is 1. The first-order chi connectivity index (χ1) is 12.9. The Balaban J connectivity index is 1.79. The Hall–Kier alpha value is -2.51. The van der Waals surface area contributed by atoms with Crippen molar-refractivity contribution < 1.29 is 18.7 Å². The normalized spacial score (nSPS) is 10.7. The van der Waals surface area contributed by atoms with E-state index in [1.165, 1.54) is 0 Å². The van der Waals surface area contributed by atoms with Gasteiger partial charge in [-0.15, -0.1) is 0 Å². The summed E-state index contributed by atoms with van der Waals surface area (Å²) in [7, 11) is 0. The van der Waals surface area contributed by atoms with E-state index in [1.54, 1.807) is 30.3 Å². The molecule has 27 heavy (non-hydrogen) atoms. The number of carbonyl (C=O) groups excluding carboxylic acids is 2. The number of benzene rings is 1. The molecule has 0 saturated heterocycles. The smallest absolute Gasteiger partial charge is 0.305 e. The molecule has 0 fully saturated rings. The van der Waals surface area contributed by atoms with Gasteiger partial charge in [0.2, 0.25) is 0 Å². The first-order valence-electron chi connectivity index (χ1n) is 8.72. The molecule has 2 aromatic rings. The maximum atomic E-state index is 12.1. The van der Waals surface area contributed by atoms with Crippen LogP contribution in [0.1, 0.15) is 35.7 Å². The Kier molecular flexibility index (Phi) is 7.69. The van der Waals surface area contributed by atoms with E-state index in [4.69, 9.17) is 20.8 Å². The Labute approximate surface area is 163 Å². The number of carbonyl (C=O) groups is 2. The van der Waals surface area contributed by atoms with Crippen LogP contribution >= 0.6 is 11.6 Å². The van der Waals surface area contributed by atoms with E-state index in [1.807, 2.05) is 6.92 Å². The highest BCUT2D eigenvalue weighted by molar-refractivity contribution is 6.30. The van der Waals surface area contributed by atoms with Crippen LogP contribution in [-0.2, 0) is 11.3 Å². The van der Waals surface area contributed by atoms with Gasteiger partial charge in [0.15, 0.2) is 12.4 Å². The quantitative estimate of drug-likeness (QED) is 0.674. The number of rotatable bonds is 8. The number of ether oxygens (including phenoxy) is 1. The Morgan fingerprint density at radius 3 is 2.56 bits per heavy atom. The van der Waals surface area contributed by atoms with Crippen molar-refractivity contribution in [3.8, 4) is 5.75 Å². The average Bonchev–Trinajstić information content (AvgIpc) is 3.12. The second kappa shape index (κ2) is 9.99.